The molecule has 18 heavy (non-hydrogen) atoms. The zero-order valence-electron chi connectivity index (χ0n) is 9.45. The van der Waals surface area contributed by atoms with Crippen molar-refractivity contribution in [1.29, 1.82) is 0 Å². The predicted molar refractivity (Wildman–Crippen MR) is 64.5 cm³/mol. The average Bonchev–Trinajstić information content (AvgIpc) is 2.38. The van der Waals surface area contributed by atoms with Crippen LogP contribution in [0.4, 0.5) is 5.82 Å². The molecule has 2 aromatic rings. The van der Waals surface area contributed by atoms with E-state index < -0.39 is 0 Å². The lowest BCUT2D eigenvalue weighted by Crippen LogP contribution is -2.01. The third-order valence-corrected chi connectivity index (χ3v) is 1.98. The monoisotopic (exact) mass is 245 g/mol. The van der Waals surface area contributed by atoms with Crippen molar-refractivity contribution in [3.05, 3.63) is 36.5 Å². The number of aromatic nitrogens is 2. The zero-order valence-corrected chi connectivity index (χ0v) is 9.45. The first-order chi connectivity index (χ1) is 8.79. The number of hydrogen-bond donors (Lipinski definition) is 1. The molecule has 0 atom stereocenters. The van der Waals surface area contributed by atoms with Crippen LogP contribution in [0.5, 0.6) is 17.5 Å². The summed E-state index contributed by atoms with van der Waals surface area (Å²) in [4.78, 5) is 18.2. The Balaban J connectivity index is 2.20. The molecule has 2 aromatic heterocycles. The molecule has 0 fully saturated rings. The topological polar surface area (TPSA) is 87.3 Å². The fraction of sp³-hybridized carbons (Fsp3) is 0.0833. The van der Waals surface area contributed by atoms with Gasteiger partial charge in [-0.25, -0.2) is 4.98 Å². The molecule has 0 bridgehead atoms. The van der Waals surface area contributed by atoms with Crippen LogP contribution >= 0.6 is 0 Å². The maximum absolute atomic E-state index is 10.3. The van der Waals surface area contributed by atoms with Crippen molar-refractivity contribution in [3.63, 3.8) is 0 Å². The first-order valence-electron chi connectivity index (χ1n) is 5.21. The van der Waals surface area contributed by atoms with Gasteiger partial charge in [-0.05, 0) is 18.2 Å². The van der Waals surface area contributed by atoms with Crippen LogP contribution in [0.1, 0.15) is 0 Å². The SMILES string of the molecule is Nc1cccc(Oc2cccnc2OCC=O)n1. The van der Waals surface area contributed by atoms with E-state index in [0.29, 0.717) is 23.7 Å². The molecule has 0 radical (unpaired) electrons. The normalized spacial score (nSPS) is 9.78. The van der Waals surface area contributed by atoms with E-state index in [1.807, 2.05) is 0 Å². The lowest BCUT2D eigenvalue weighted by atomic mass is 10.4. The van der Waals surface area contributed by atoms with Gasteiger partial charge in [0.15, 0.2) is 12.0 Å². The number of pyridine rings is 2. The molecule has 0 amide bonds. The van der Waals surface area contributed by atoms with Gasteiger partial charge in [0, 0.05) is 12.3 Å². The summed E-state index contributed by atoms with van der Waals surface area (Å²) in [5.74, 6) is 1.29. The van der Waals surface area contributed by atoms with E-state index in [4.69, 9.17) is 15.2 Å². The first-order valence-corrected chi connectivity index (χ1v) is 5.21. The Labute approximate surface area is 103 Å². The molecule has 0 saturated carbocycles. The summed E-state index contributed by atoms with van der Waals surface area (Å²) in [7, 11) is 0. The Morgan fingerprint density at radius 3 is 2.94 bits per heavy atom. The zero-order chi connectivity index (χ0) is 12.8. The number of carbonyl (C=O) groups excluding carboxylic acids is 1. The summed E-state index contributed by atoms with van der Waals surface area (Å²) in [5, 5.41) is 0. The Hall–Kier alpha value is -2.63. The summed E-state index contributed by atoms with van der Waals surface area (Å²) >= 11 is 0. The van der Waals surface area contributed by atoms with E-state index in [0.717, 1.165) is 0 Å². The second-order valence-electron chi connectivity index (χ2n) is 3.29. The average molecular weight is 245 g/mol. The van der Waals surface area contributed by atoms with Crippen molar-refractivity contribution in [3.8, 4) is 17.5 Å². The molecule has 2 rings (SSSR count). The van der Waals surface area contributed by atoms with Crippen molar-refractivity contribution in [2.75, 3.05) is 12.3 Å². The quantitative estimate of drug-likeness (QED) is 0.802. The summed E-state index contributed by atoms with van der Waals surface area (Å²) < 4.78 is 10.6. The van der Waals surface area contributed by atoms with Crippen LogP contribution in [0, 0.1) is 0 Å². The van der Waals surface area contributed by atoms with Crippen molar-refractivity contribution >= 4 is 12.1 Å². The summed E-state index contributed by atoms with van der Waals surface area (Å²) in [6.45, 7) is -0.0856. The molecule has 0 spiro atoms. The lowest BCUT2D eigenvalue weighted by Gasteiger charge is -2.09. The molecule has 92 valence electrons. The molecule has 0 aromatic carbocycles. The Morgan fingerprint density at radius 2 is 2.17 bits per heavy atom. The Bertz CT molecular complexity index is 546. The van der Waals surface area contributed by atoms with Crippen molar-refractivity contribution < 1.29 is 14.3 Å². The highest BCUT2D eigenvalue weighted by molar-refractivity contribution is 5.51. The molecule has 2 heterocycles. The van der Waals surface area contributed by atoms with E-state index in [1.165, 1.54) is 0 Å². The molecule has 6 nitrogen and oxygen atoms in total. The van der Waals surface area contributed by atoms with Crippen LogP contribution < -0.4 is 15.2 Å². The molecule has 0 aliphatic heterocycles. The maximum atomic E-state index is 10.3. The van der Waals surface area contributed by atoms with Gasteiger partial charge < -0.3 is 15.2 Å². The van der Waals surface area contributed by atoms with Gasteiger partial charge in [0.1, 0.15) is 12.4 Å². The molecule has 0 aliphatic carbocycles. The molecule has 0 unspecified atom stereocenters. The fourth-order valence-electron chi connectivity index (χ4n) is 1.28. The summed E-state index contributed by atoms with van der Waals surface area (Å²) in [5.41, 5.74) is 5.55. The third-order valence-electron chi connectivity index (χ3n) is 1.98. The van der Waals surface area contributed by atoms with E-state index in [9.17, 15) is 4.79 Å². The number of aldehydes is 1. The number of nitrogens with zero attached hydrogens (tertiary/aromatic N) is 2. The van der Waals surface area contributed by atoms with Gasteiger partial charge in [0.25, 0.3) is 5.88 Å². The number of hydrogen-bond acceptors (Lipinski definition) is 6. The first kappa shape index (κ1) is 11.8. The van der Waals surface area contributed by atoms with E-state index in [1.54, 1.807) is 36.5 Å². The number of carbonyl (C=O) groups is 1. The smallest absolute Gasteiger partial charge is 0.258 e. The minimum atomic E-state index is -0.0856. The number of rotatable bonds is 5. The van der Waals surface area contributed by atoms with E-state index >= 15 is 0 Å². The van der Waals surface area contributed by atoms with Crippen molar-refractivity contribution in [2.24, 2.45) is 0 Å². The van der Waals surface area contributed by atoms with Gasteiger partial charge in [0.2, 0.25) is 5.88 Å². The van der Waals surface area contributed by atoms with Gasteiger partial charge in [-0.2, -0.15) is 4.98 Å². The van der Waals surface area contributed by atoms with Crippen molar-refractivity contribution in [1.82, 2.24) is 9.97 Å². The molecular formula is C12H11N3O3. The van der Waals surface area contributed by atoms with Crippen LogP contribution in [-0.2, 0) is 4.79 Å². The lowest BCUT2D eigenvalue weighted by molar-refractivity contribution is -0.109. The molecular weight excluding hydrogens is 234 g/mol. The van der Waals surface area contributed by atoms with Gasteiger partial charge in [-0.3, -0.25) is 4.79 Å². The second-order valence-corrected chi connectivity index (χ2v) is 3.29. The largest absolute Gasteiger partial charge is 0.467 e. The molecule has 2 N–H and O–H groups in total. The highest BCUT2D eigenvalue weighted by Gasteiger charge is 2.07. The van der Waals surface area contributed by atoms with Gasteiger partial charge in [0.05, 0.1) is 0 Å². The van der Waals surface area contributed by atoms with Crippen LogP contribution in [0.2, 0.25) is 0 Å². The number of nitrogen functional groups attached to an aromatic ring is 1. The van der Waals surface area contributed by atoms with Gasteiger partial charge >= 0.3 is 0 Å². The fourth-order valence-corrected chi connectivity index (χ4v) is 1.28. The van der Waals surface area contributed by atoms with Crippen LogP contribution in [0.25, 0.3) is 0 Å². The predicted octanol–water partition coefficient (Wildman–Crippen LogP) is 1.43. The summed E-state index contributed by atoms with van der Waals surface area (Å²) in [6.07, 6.45) is 2.18. The van der Waals surface area contributed by atoms with Crippen LogP contribution in [-0.4, -0.2) is 22.9 Å². The van der Waals surface area contributed by atoms with Crippen LogP contribution in [0.15, 0.2) is 36.5 Å². The van der Waals surface area contributed by atoms with E-state index in [2.05, 4.69) is 9.97 Å². The Kier molecular flexibility index (Phi) is 3.70. The Morgan fingerprint density at radius 1 is 1.28 bits per heavy atom. The minimum absolute atomic E-state index is 0.0856. The summed E-state index contributed by atoms with van der Waals surface area (Å²) in [6, 6.07) is 8.39. The standard InChI is InChI=1S/C12H11N3O3/c13-10-4-1-5-11(15-10)18-9-3-2-6-14-12(9)17-8-7-16/h1-7H,8H2,(H2,13,15). The van der Waals surface area contributed by atoms with E-state index in [-0.39, 0.29) is 12.5 Å². The number of ether oxygens (including phenoxy) is 2. The highest BCUT2D eigenvalue weighted by Crippen LogP contribution is 2.28. The molecule has 0 saturated heterocycles. The van der Waals surface area contributed by atoms with Crippen LogP contribution in [0.3, 0.4) is 0 Å². The molecule has 6 heteroatoms. The van der Waals surface area contributed by atoms with Crippen molar-refractivity contribution in [2.45, 2.75) is 0 Å². The highest BCUT2D eigenvalue weighted by atomic mass is 16.5. The second kappa shape index (κ2) is 5.62. The number of anilines is 1. The minimum Gasteiger partial charge on any atom is -0.467 e. The number of nitrogens with two attached hydrogens (primary N) is 1. The molecule has 0 aliphatic rings. The third kappa shape index (κ3) is 2.94. The van der Waals surface area contributed by atoms with Gasteiger partial charge in [-0.15, -0.1) is 0 Å². The maximum Gasteiger partial charge on any atom is 0.258 e. The van der Waals surface area contributed by atoms with Gasteiger partial charge in [-0.1, -0.05) is 6.07 Å².